The van der Waals surface area contributed by atoms with Crippen LogP contribution in [-0.4, -0.2) is 48.5 Å². The molecule has 0 radical (unpaired) electrons. The highest BCUT2D eigenvalue weighted by molar-refractivity contribution is 7.89. The number of sulfonamides is 1. The first-order chi connectivity index (χ1) is 15.0. The lowest BCUT2D eigenvalue weighted by molar-refractivity contribution is 0.306. The first-order valence-corrected chi connectivity index (χ1v) is 11.1. The minimum atomic E-state index is -3.65. The summed E-state index contributed by atoms with van der Waals surface area (Å²) in [6.45, 7) is 0.156. The van der Waals surface area contributed by atoms with Crippen molar-refractivity contribution in [2.75, 3.05) is 20.3 Å². The van der Waals surface area contributed by atoms with Crippen LogP contribution in [0.15, 0.2) is 65.6 Å². The number of benzene rings is 2. The molecule has 4 rings (SSSR count). The van der Waals surface area contributed by atoms with Gasteiger partial charge in [-0.05, 0) is 54.6 Å². The van der Waals surface area contributed by atoms with E-state index in [0.29, 0.717) is 22.4 Å². The Hall–Kier alpha value is -3.21. The van der Waals surface area contributed by atoms with Gasteiger partial charge in [-0.25, -0.2) is 13.1 Å². The number of nitrogens with one attached hydrogen (secondary N) is 1. The summed E-state index contributed by atoms with van der Waals surface area (Å²) in [5.41, 5.74) is 1.37. The number of fused-ring (bicyclic) bond motifs is 1. The number of aromatic nitrogens is 4. The Kier molecular flexibility index (Phi) is 6.03. The Morgan fingerprint density at radius 3 is 2.45 bits per heavy atom. The molecule has 0 bridgehead atoms. The van der Waals surface area contributed by atoms with Gasteiger partial charge < -0.3 is 9.47 Å². The minimum absolute atomic E-state index is 0.0677. The lowest BCUT2D eigenvalue weighted by atomic mass is 10.2. The highest BCUT2D eigenvalue weighted by Gasteiger charge is 2.14. The number of rotatable bonds is 8. The van der Waals surface area contributed by atoms with Crippen molar-refractivity contribution in [2.24, 2.45) is 0 Å². The molecule has 0 spiro atoms. The highest BCUT2D eigenvalue weighted by atomic mass is 35.5. The summed E-state index contributed by atoms with van der Waals surface area (Å²) in [5.74, 6) is 1.59. The molecule has 160 valence electrons. The average molecular weight is 460 g/mol. The highest BCUT2D eigenvalue weighted by Crippen LogP contribution is 2.22. The standard InChI is InChI=1S/C20H18ClN5O4S/c1-29-16-6-2-14(3-7-16)20-24-23-18-10-11-19(25-26(18)20)30-13-12-22-31(27,28)17-8-4-15(21)5-9-17/h2-11,22H,12-13H2,1H3. The second-order valence-electron chi connectivity index (χ2n) is 6.39. The maximum atomic E-state index is 12.3. The van der Waals surface area contributed by atoms with Crippen LogP contribution in [0.25, 0.3) is 17.0 Å². The molecular formula is C20H18ClN5O4S. The van der Waals surface area contributed by atoms with Gasteiger partial charge in [0, 0.05) is 23.2 Å². The SMILES string of the molecule is COc1ccc(-c2nnc3ccc(OCCNS(=O)(=O)c4ccc(Cl)cc4)nn23)cc1. The molecule has 31 heavy (non-hydrogen) atoms. The average Bonchev–Trinajstić information content (AvgIpc) is 3.20. The van der Waals surface area contributed by atoms with E-state index < -0.39 is 10.0 Å². The van der Waals surface area contributed by atoms with Crippen LogP contribution in [0.2, 0.25) is 5.02 Å². The molecule has 0 saturated heterocycles. The first-order valence-electron chi connectivity index (χ1n) is 9.21. The van der Waals surface area contributed by atoms with Crippen molar-refractivity contribution in [1.29, 1.82) is 0 Å². The van der Waals surface area contributed by atoms with Crippen LogP contribution in [0, 0.1) is 0 Å². The zero-order chi connectivity index (χ0) is 21.8. The van der Waals surface area contributed by atoms with Crippen LogP contribution < -0.4 is 14.2 Å². The second kappa shape index (κ2) is 8.88. The van der Waals surface area contributed by atoms with Crippen molar-refractivity contribution in [1.82, 2.24) is 24.5 Å². The molecule has 4 aromatic rings. The number of hydrogen-bond acceptors (Lipinski definition) is 7. The molecular weight excluding hydrogens is 442 g/mol. The number of hydrogen-bond donors (Lipinski definition) is 1. The molecule has 0 fully saturated rings. The van der Waals surface area contributed by atoms with Gasteiger partial charge in [0.25, 0.3) is 0 Å². The van der Waals surface area contributed by atoms with Crippen LogP contribution in [0.5, 0.6) is 11.6 Å². The third-order valence-electron chi connectivity index (χ3n) is 4.35. The van der Waals surface area contributed by atoms with Gasteiger partial charge >= 0.3 is 0 Å². The molecule has 0 atom stereocenters. The molecule has 2 heterocycles. The van der Waals surface area contributed by atoms with E-state index in [1.54, 1.807) is 23.8 Å². The Labute approximate surface area is 183 Å². The topological polar surface area (TPSA) is 108 Å². The second-order valence-corrected chi connectivity index (χ2v) is 8.60. The molecule has 0 aliphatic carbocycles. The minimum Gasteiger partial charge on any atom is -0.497 e. The quantitative estimate of drug-likeness (QED) is 0.403. The summed E-state index contributed by atoms with van der Waals surface area (Å²) >= 11 is 5.79. The van der Waals surface area contributed by atoms with Crippen LogP contribution in [0.4, 0.5) is 0 Å². The Balaban J connectivity index is 1.42. The number of ether oxygens (including phenoxy) is 2. The Morgan fingerprint density at radius 2 is 1.74 bits per heavy atom. The van der Waals surface area contributed by atoms with Gasteiger partial charge in [0.05, 0.1) is 12.0 Å². The van der Waals surface area contributed by atoms with Gasteiger partial charge in [-0.3, -0.25) is 0 Å². The maximum Gasteiger partial charge on any atom is 0.240 e. The van der Waals surface area contributed by atoms with E-state index in [2.05, 4.69) is 20.0 Å². The van der Waals surface area contributed by atoms with Crippen molar-refractivity contribution >= 4 is 27.3 Å². The summed E-state index contributed by atoms with van der Waals surface area (Å²) in [6, 6.07) is 16.6. The normalized spacial score (nSPS) is 11.5. The Morgan fingerprint density at radius 1 is 1.00 bits per heavy atom. The monoisotopic (exact) mass is 459 g/mol. The van der Waals surface area contributed by atoms with Crippen molar-refractivity contribution in [3.05, 3.63) is 65.7 Å². The van der Waals surface area contributed by atoms with E-state index in [1.807, 2.05) is 24.3 Å². The van der Waals surface area contributed by atoms with Crippen molar-refractivity contribution in [3.63, 3.8) is 0 Å². The number of halogens is 1. The van der Waals surface area contributed by atoms with Crippen molar-refractivity contribution in [2.45, 2.75) is 4.90 Å². The summed E-state index contributed by atoms with van der Waals surface area (Å²) in [4.78, 5) is 0.130. The first kappa shape index (κ1) is 21.0. The van der Waals surface area contributed by atoms with E-state index in [1.165, 1.54) is 24.3 Å². The Bertz CT molecular complexity index is 1290. The van der Waals surface area contributed by atoms with Gasteiger partial charge in [0.15, 0.2) is 11.5 Å². The van der Waals surface area contributed by atoms with Crippen LogP contribution >= 0.6 is 11.6 Å². The summed E-state index contributed by atoms with van der Waals surface area (Å²) in [6.07, 6.45) is 0. The third-order valence-corrected chi connectivity index (χ3v) is 6.08. The van der Waals surface area contributed by atoms with Gasteiger partial charge in [-0.1, -0.05) is 11.6 Å². The fourth-order valence-electron chi connectivity index (χ4n) is 2.80. The van der Waals surface area contributed by atoms with Gasteiger partial charge in [-0.2, -0.15) is 4.52 Å². The van der Waals surface area contributed by atoms with E-state index in [9.17, 15) is 8.42 Å². The van der Waals surface area contributed by atoms with Crippen LogP contribution in [0.1, 0.15) is 0 Å². The molecule has 0 aliphatic rings. The van der Waals surface area contributed by atoms with Gasteiger partial charge in [0.1, 0.15) is 12.4 Å². The number of methoxy groups -OCH3 is 1. The molecule has 1 N–H and O–H groups in total. The third kappa shape index (κ3) is 4.76. The van der Waals surface area contributed by atoms with E-state index >= 15 is 0 Å². The predicted molar refractivity (Wildman–Crippen MR) is 115 cm³/mol. The van der Waals surface area contributed by atoms with Crippen molar-refractivity contribution < 1.29 is 17.9 Å². The molecule has 0 amide bonds. The maximum absolute atomic E-state index is 12.3. The fraction of sp³-hybridized carbons (Fsp3) is 0.150. The van der Waals surface area contributed by atoms with E-state index in [-0.39, 0.29) is 18.0 Å². The molecule has 9 nitrogen and oxygen atoms in total. The lowest BCUT2D eigenvalue weighted by Gasteiger charge is -2.08. The molecule has 2 aromatic carbocycles. The molecule has 2 aromatic heterocycles. The van der Waals surface area contributed by atoms with Crippen molar-refractivity contribution in [3.8, 4) is 23.0 Å². The molecule has 0 saturated carbocycles. The zero-order valence-corrected chi connectivity index (χ0v) is 18.0. The molecule has 11 heteroatoms. The predicted octanol–water partition coefficient (Wildman–Crippen LogP) is 2.81. The summed E-state index contributed by atoms with van der Waals surface area (Å²) in [5, 5.41) is 13.2. The van der Waals surface area contributed by atoms with Crippen LogP contribution in [0.3, 0.4) is 0 Å². The lowest BCUT2D eigenvalue weighted by Crippen LogP contribution is -2.28. The smallest absolute Gasteiger partial charge is 0.240 e. The zero-order valence-electron chi connectivity index (χ0n) is 16.4. The molecule has 0 aliphatic heterocycles. The van der Waals surface area contributed by atoms with E-state index in [4.69, 9.17) is 21.1 Å². The van der Waals surface area contributed by atoms with Gasteiger partial charge in [0.2, 0.25) is 15.9 Å². The fourth-order valence-corrected chi connectivity index (χ4v) is 3.94. The summed E-state index contributed by atoms with van der Waals surface area (Å²) < 4.78 is 39.4. The van der Waals surface area contributed by atoms with Gasteiger partial charge in [-0.15, -0.1) is 15.3 Å². The molecule has 0 unspecified atom stereocenters. The van der Waals surface area contributed by atoms with E-state index in [0.717, 1.165) is 11.3 Å². The largest absolute Gasteiger partial charge is 0.497 e. The summed E-state index contributed by atoms with van der Waals surface area (Å²) in [7, 11) is -2.05. The number of nitrogens with zero attached hydrogens (tertiary/aromatic N) is 4. The van der Waals surface area contributed by atoms with Crippen LogP contribution in [-0.2, 0) is 10.0 Å².